The van der Waals surface area contributed by atoms with Gasteiger partial charge in [-0.2, -0.15) is 0 Å². The Morgan fingerprint density at radius 1 is 0.846 bits per heavy atom. The second-order valence-electron chi connectivity index (χ2n) is 8.80. The molecule has 2 N–H and O–H groups in total. The van der Waals surface area contributed by atoms with E-state index in [-0.39, 0.29) is 12.3 Å². The fourth-order valence-corrected chi connectivity index (χ4v) is 4.43. The molecule has 0 radical (unpaired) electrons. The van der Waals surface area contributed by atoms with Crippen molar-refractivity contribution in [1.82, 2.24) is 20.1 Å². The number of aromatic nitrogens is 3. The molecule has 3 aromatic carbocycles. The predicted molar refractivity (Wildman–Crippen MR) is 150 cm³/mol. The summed E-state index contributed by atoms with van der Waals surface area (Å²) in [7, 11) is 4.70. The monoisotopic (exact) mass is 523 g/mol. The molecule has 5 aromatic rings. The number of methoxy groups -OCH3 is 3. The van der Waals surface area contributed by atoms with Crippen LogP contribution in [0.4, 0.5) is 11.5 Å². The molecule has 9 nitrogen and oxygen atoms in total. The van der Waals surface area contributed by atoms with E-state index in [2.05, 4.69) is 20.8 Å². The highest BCUT2D eigenvalue weighted by molar-refractivity contribution is 5.90. The second kappa shape index (κ2) is 11.6. The molecule has 5 rings (SSSR count). The number of ether oxygens (including phenoxy) is 3. The number of carbonyl (C=O) groups is 1. The first-order chi connectivity index (χ1) is 19.1. The Hall–Kier alpha value is -5.05. The minimum atomic E-state index is -0.0438. The lowest BCUT2D eigenvalue weighted by atomic mass is 10.1. The van der Waals surface area contributed by atoms with Crippen molar-refractivity contribution in [2.45, 2.75) is 13.0 Å². The molecule has 0 spiro atoms. The smallest absolute Gasteiger partial charge is 0.224 e. The Labute approximate surface area is 226 Å². The zero-order valence-electron chi connectivity index (χ0n) is 22.0. The first kappa shape index (κ1) is 25.6. The van der Waals surface area contributed by atoms with Gasteiger partial charge in [0.2, 0.25) is 11.7 Å². The van der Waals surface area contributed by atoms with Crippen molar-refractivity contribution >= 4 is 28.3 Å². The molecular weight excluding hydrogens is 494 g/mol. The number of rotatable bonds is 10. The fourth-order valence-electron chi connectivity index (χ4n) is 4.43. The van der Waals surface area contributed by atoms with Crippen LogP contribution in [0.3, 0.4) is 0 Å². The first-order valence-electron chi connectivity index (χ1n) is 12.4. The molecule has 0 aliphatic rings. The highest BCUT2D eigenvalue weighted by atomic mass is 16.5. The number of nitrogens with one attached hydrogen (secondary N) is 2. The first-order valence-corrected chi connectivity index (χ1v) is 12.4. The van der Waals surface area contributed by atoms with Gasteiger partial charge >= 0.3 is 0 Å². The number of hydrogen-bond acceptors (Lipinski definition) is 7. The lowest BCUT2D eigenvalue weighted by Crippen LogP contribution is -2.24. The van der Waals surface area contributed by atoms with Gasteiger partial charge in [0.05, 0.1) is 33.3 Å². The van der Waals surface area contributed by atoms with Crippen LogP contribution in [0.25, 0.3) is 16.7 Å². The normalized spacial score (nSPS) is 10.7. The number of benzene rings is 3. The molecule has 0 saturated heterocycles. The zero-order valence-corrected chi connectivity index (χ0v) is 22.0. The number of hydrogen-bond donors (Lipinski definition) is 2. The highest BCUT2D eigenvalue weighted by Crippen LogP contribution is 2.40. The molecule has 0 atom stereocenters. The maximum Gasteiger partial charge on any atom is 0.224 e. The number of carbonyl (C=O) groups excluding carboxylic acids is 1. The number of amides is 1. The van der Waals surface area contributed by atoms with Gasteiger partial charge in [0.25, 0.3) is 0 Å². The van der Waals surface area contributed by atoms with Crippen molar-refractivity contribution in [1.29, 1.82) is 0 Å². The molecule has 2 aromatic heterocycles. The van der Waals surface area contributed by atoms with Crippen molar-refractivity contribution in [3.63, 3.8) is 0 Å². The van der Waals surface area contributed by atoms with Crippen molar-refractivity contribution in [2.75, 3.05) is 26.6 Å². The van der Waals surface area contributed by atoms with Gasteiger partial charge in [-0.15, -0.1) is 10.2 Å². The van der Waals surface area contributed by atoms with Crippen LogP contribution in [-0.2, 0) is 17.8 Å². The number of fused-ring (bicyclic) bond motifs is 1. The quantitative estimate of drug-likeness (QED) is 0.264. The Bertz CT molecular complexity index is 1560. The maximum atomic E-state index is 12.7. The molecular formula is C30H29N5O4. The van der Waals surface area contributed by atoms with E-state index < -0.39 is 0 Å². The van der Waals surface area contributed by atoms with Crippen LogP contribution in [0, 0.1) is 0 Å². The van der Waals surface area contributed by atoms with Gasteiger partial charge in [-0.3, -0.25) is 9.36 Å². The third-order valence-electron chi connectivity index (χ3n) is 6.31. The molecule has 9 heteroatoms. The Morgan fingerprint density at radius 3 is 2.23 bits per heavy atom. The lowest BCUT2D eigenvalue weighted by molar-refractivity contribution is -0.120. The van der Waals surface area contributed by atoms with E-state index in [4.69, 9.17) is 14.2 Å². The third kappa shape index (κ3) is 5.62. The molecule has 198 valence electrons. The summed E-state index contributed by atoms with van der Waals surface area (Å²) < 4.78 is 18.2. The van der Waals surface area contributed by atoms with Gasteiger partial charge in [-0.25, -0.2) is 0 Å². The van der Waals surface area contributed by atoms with E-state index in [1.54, 1.807) is 33.5 Å². The average molecular weight is 524 g/mol. The lowest BCUT2D eigenvalue weighted by Gasteiger charge is -2.14. The van der Waals surface area contributed by atoms with E-state index in [1.165, 1.54) is 0 Å². The summed E-state index contributed by atoms with van der Waals surface area (Å²) in [6.07, 6.45) is 2.21. The summed E-state index contributed by atoms with van der Waals surface area (Å²) >= 11 is 0. The second-order valence-corrected chi connectivity index (χ2v) is 8.80. The van der Waals surface area contributed by atoms with Crippen LogP contribution in [0.15, 0.2) is 85.1 Å². The molecule has 0 saturated carbocycles. The summed E-state index contributed by atoms with van der Waals surface area (Å²) in [6.45, 7) is 0.490. The van der Waals surface area contributed by atoms with Crippen LogP contribution in [0.1, 0.15) is 11.1 Å². The van der Waals surface area contributed by atoms with Crippen LogP contribution < -0.4 is 24.8 Å². The molecule has 0 aliphatic carbocycles. The van der Waals surface area contributed by atoms with E-state index in [1.807, 2.05) is 77.5 Å². The van der Waals surface area contributed by atoms with E-state index in [0.29, 0.717) is 41.1 Å². The molecule has 1 amide bonds. The summed E-state index contributed by atoms with van der Waals surface area (Å²) in [5.41, 5.74) is 3.63. The van der Waals surface area contributed by atoms with Gasteiger partial charge in [-0.05, 0) is 29.3 Å². The van der Waals surface area contributed by atoms with Crippen molar-refractivity contribution in [3.8, 4) is 23.1 Å². The molecule has 2 heterocycles. The molecule has 39 heavy (non-hydrogen) atoms. The summed E-state index contributed by atoms with van der Waals surface area (Å²) in [4.78, 5) is 12.7. The summed E-state index contributed by atoms with van der Waals surface area (Å²) in [5, 5.41) is 16.0. The molecule has 0 fully saturated rings. The van der Waals surface area contributed by atoms with Crippen LogP contribution >= 0.6 is 0 Å². The molecule has 0 aliphatic heterocycles. The van der Waals surface area contributed by atoms with Gasteiger partial charge in [0.1, 0.15) is 0 Å². The predicted octanol–water partition coefficient (Wildman–Crippen LogP) is 5.05. The summed E-state index contributed by atoms with van der Waals surface area (Å²) in [5.74, 6) is 2.71. The number of nitrogens with zero attached hydrogens (tertiary/aromatic N) is 3. The van der Waals surface area contributed by atoms with Crippen molar-refractivity contribution in [2.24, 2.45) is 0 Å². The maximum absolute atomic E-state index is 12.7. The van der Waals surface area contributed by atoms with Crippen LogP contribution in [0.5, 0.6) is 17.2 Å². The number of para-hydroxylation sites is 1. The summed E-state index contributed by atoms with van der Waals surface area (Å²) in [6, 6.07) is 25.1. The van der Waals surface area contributed by atoms with E-state index in [9.17, 15) is 4.79 Å². The Morgan fingerprint density at radius 2 is 1.56 bits per heavy atom. The largest absolute Gasteiger partial charge is 0.493 e. The average Bonchev–Trinajstić information content (AvgIpc) is 3.34. The molecule has 0 bridgehead atoms. The van der Waals surface area contributed by atoms with Crippen molar-refractivity contribution in [3.05, 3.63) is 96.2 Å². The minimum absolute atomic E-state index is 0.0438. The SMILES string of the molecule is COc1cc(Nc2ccc(-n3cc(CC(=O)NCc4ccccc4)c4ccccc43)nn2)cc(OC)c1OC. The van der Waals surface area contributed by atoms with Gasteiger partial charge in [0.15, 0.2) is 23.1 Å². The van der Waals surface area contributed by atoms with Gasteiger partial charge in [0, 0.05) is 35.9 Å². The van der Waals surface area contributed by atoms with E-state index >= 15 is 0 Å². The highest BCUT2D eigenvalue weighted by Gasteiger charge is 2.15. The minimum Gasteiger partial charge on any atom is -0.493 e. The van der Waals surface area contributed by atoms with E-state index in [0.717, 1.165) is 22.0 Å². The standard InChI is InChI=1S/C30H29N5O4/c1-37-25-16-22(17-26(38-2)30(25)39-3)32-27-13-14-28(34-33-27)35-19-21(23-11-7-8-12-24(23)35)15-29(36)31-18-20-9-5-4-6-10-20/h4-14,16-17,19H,15,18H2,1-3H3,(H,31,36)(H,32,33). The molecule has 0 unspecified atom stereocenters. The Kier molecular flexibility index (Phi) is 7.58. The van der Waals surface area contributed by atoms with Gasteiger partial charge < -0.3 is 24.8 Å². The van der Waals surface area contributed by atoms with Gasteiger partial charge in [-0.1, -0.05) is 48.5 Å². The van der Waals surface area contributed by atoms with Crippen molar-refractivity contribution < 1.29 is 19.0 Å². The van der Waals surface area contributed by atoms with Crippen LogP contribution in [-0.4, -0.2) is 42.0 Å². The number of anilines is 2. The Balaban J connectivity index is 1.35. The topological polar surface area (TPSA) is 99.5 Å². The van der Waals surface area contributed by atoms with Crippen LogP contribution in [0.2, 0.25) is 0 Å². The zero-order chi connectivity index (χ0) is 27.2. The fraction of sp³-hybridized carbons (Fsp3) is 0.167. The third-order valence-corrected chi connectivity index (χ3v) is 6.31.